The van der Waals surface area contributed by atoms with Gasteiger partial charge in [-0.15, -0.1) is 0 Å². The lowest BCUT2D eigenvalue weighted by molar-refractivity contribution is -0.126. The molecule has 2 amide bonds. The zero-order chi connectivity index (χ0) is 12.0. The molecule has 90 valence electrons. The van der Waals surface area contributed by atoms with E-state index in [1.54, 1.807) is 0 Å². The molecule has 0 spiro atoms. The summed E-state index contributed by atoms with van der Waals surface area (Å²) in [6.07, 6.45) is 2.74. The van der Waals surface area contributed by atoms with Crippen molar-refractivity contribution in [3.05, 3.63) is 0 Å². The highest BCUT2D eigenvalue weighted by molar-refractivity contribution is 5.85. The van der Waals surface area contributed by atoms with Gasteiger partial charge in [0.2, 0.25) is 11.8 Å². The van der Waals surface area contributed by atoms with Crippen LogP contribution < -0.4 is 16.4 Å². The van der Waals surface area contributed by atoms with E-state index in [0.717, 1.165) is 19.4 Å². The molecule has 0 aromatic heterocycles. The average molecular weight is 227 g/mol. The van der Waals surface area contributed by atoms with Crippen molar-refractivity contribution >= 4 is 18.1 Å². The van der Waals surface area contributed by atoms with Gasteiger partial charge in [-0.05, 0) is 25.8 Å². The monoisotopic (exact) mass is 227 g/mol. The first-order valence-electron chi connectivity index (χ1n) is 5.41. The third-order valence-electron chi connectivity index (χ3n) is 2.57. The Morgan fingerprint density at radius 3 is 2.81 bits per heavy atom. The Bertz CT molecular complexity index is 274. The summed E-state index contributed by atoms with van der Waals surface area (Å²) in [5, 5.41) is 5.62. The summed E-state index contributed by atoms with van der Waals surface area (Å²) in [7, 11) is 0. The molecule has 16 heavy (non-hydrogen) atoms. The van der Waals surface area contributed by atoms with Crippen molar-refractivity contribution in [3.8, 4) is 0 Å². The molecule has 2 unspecified atom stereocenters. The molecule has 1 aliphatic rings. The van der Waals surface area contributed by atoms with Crippen LogP contribution in [0.5, 0.6) is 0 Å². The van der Waals surface area contributed by atoms with E-state index in [0.29, 0.717) is 6.29 Å². The molecule has 6 heteroatoms. The van der Waals surface area contributed by atoms with E-state index < -0.39 is 11.9 Å². The Labute approximate surface area is 93.9 Å². The van der Waals surface area contributed by atoms with Crippen LogP contribution in [-0.2, 0) is 14.4 Å². The van der Waals surface area contributed by atoms with Gasteiger partial charge >= 0.3 is 0 Å². The molecule has 6 nitrogen and oxygen atoms in total. The Hall–Kier alpha value is -1.43. The quantitative estimate of drug-likeness (QED) is 0.490. The van der Waals surface area contributed by atoms with Crippen molar-refractivity contribution in [2.24, 2.45) is 5.73 Å². The number of nitrogens with two attached hydrogens (primary N) is 1. The van der Waals surface area contributed by atoms with Crippen LogP contribution in [0.1, 0.15) is 25.7 Å². The first-order valence-corrected chi connectivity index (χ1v) is 5.41. The summed E-state index contributed by atoms with van der Waals surface area (Å²) in [4.78, 5) is 32.8. The zero-order valence-electron chi connectivity index (χ0n) is 9.07. The van der Waals surface area contributed by atoms with Gasteiger partial charge in [0.15, 0.2) is 0 Å². The topological polar surface area (TPSA) is 101 Å². The standard InChI is InChI=1S/C10H17N3O3/c11-9(15)4-3-7(6-14)13-10(16)8-2-1-5-12-8/h6-8,12H,1-5H2,(H2,11,15)(H,13,16). The number of carbonyl (C=O) groups excluding carboxylic acids is 3. The van der Waals surface area contributed by atoms with Crippen molar-refractivity contribution in [1.82, 2.24) is 10.6 Å². The number of aldehydes is 1. The predicted molar refractivity (Wildman–Crippen MR) is 57.4 cm³/mol. The lowest BCUT2D eigenvalue weighted by Gasteiger charge is -2.15. The van der Waals surface area contributed by atoms with Gasteiger partial charge in [-0.1, -0.05) is 0 Å². The SMILES string of the molecule is NC(=O)CCC(C=O)NC(=O)C1CCCN1. The minimum atomic E-state index is -0.623. The van der Waals surface area contributed by atoms with Crippen molar-refractivity contribution in [3.63, 3.8) is 0 Å². The summed E-state index contributed by atoms with van der Waals surface area (Å²) in [5.74, 6) is -0.654. The Morgan fingerprint density at radius 1 is 1.56 bits per heavy atom. The van der Waals surface area contributed by atoms with E-state index in [1.807, 2.05) is 0 Å². The molecule has 0 aromatic rings. The second-order valence-electron chi connectivity index (χ2n) is 3.91. The van der Waals surface area contributed by atoms with Gasteiger partial charge in [0, 0.05) is 6.42 Å². The van der Waals surface area contributed by atoms with Gasteiger partial charge in [-0.2, -0.15) is 0 Å². The molecule has 0 aliphatic carbocycles. The Balaban J connectivity index is 2.33. The number of hydrogen-bond acceptors (Lipinski definition) is 4. The highest BCUT2D eigenvalue weighted by Gasteiger charge is 2.23. The second-order valence-corrected chi connectivity index (χ2v) is 3.91. The van der Waals surface area contributed by atoms with Gasteiger partial charge < -0.3 is 21.2 Å². The summed E-state index contributed by atoms with van der Waals surface area (Å²) in [6, 6.07) is -0.835. The van der Waals surface area contributed by atoms with Crippen LogP contribution in [0.4, 0.5) is 0 Å². The van der Waals surface area contributed by atoms with Crippen LogP contribution >= 0.6 is 0 Å². The Morgan fingerprint density at radius 2 is 2.31 bits per heavy atom. The first-order chi connectivity index (χ1) is 7.63. The van der Waals surface area contributed by atoms with Gasteiger partial charge in [0.05, 0.1) is 12.1 Å². The zero-order valence-corrected chi connectivity index (χ0v) is 9.07. The summed E-state index contributed by atoms with van der Waals surface area (Å²) >= 11 is 0. The number of nitrogens with one attached hydrogen (secondary N) is 2. The molecular formula is C10H17N3O3. The molecule has 0 radical (unpaired) electrons. The van der Waals surface area contributed by atoms with E-state index in [2.05, 4.69) is 10.6 Å². The fourth-order valence-electron chi connectivity index (χ4n) is 1.66. The van der Waals surface area contributed by atoms with Crippen molar-refractivity contribution in [2.45, 2.75) is 37.8 Å². The molecule has 0 saturated carbocycles. The molecular weight excluding hydrogens is 210 g/mol. The molecule has 1 aliphatic heterocycles. The number of rotatable bonds is 6. The highest BCUT2D eigenvalue weighted by Crippen LogP contribution is 2.05. The Kier molecular flexibility index (Phi) is 4.91. The van der Waals surface area contributed by atoms with Gasteiger partial charge in [-0.25, -0.2) is 0 Å². The van der Waals surface area contributed by atoms with Gasteiger partial charge in [0.1, 0.15) is 6.29 Å². The second kappa shape index (κ2) is 6.22. The van der Waals surface area contributed by atoms with Crippen molar-refractivity contribution in [1.29, 1.82) is 0 Å². The molecule has 1 saturated heterocycles. The summed E-state index contributed by atoms with van der Waals surface area (Å²) in [6.45, 7) is 0.825. The maximum atomic E-state index is 11.6. The minimum Gasteiger partial charge on any atom is -0.370 e. The first kappa shape index (κ1) is 12.6. The van der Waals surface area contributed by atoms with Crippen LogP contribution in [-0.4, -0.2) is 36.7 Å². The largest absolute Gasteiger partial charge is 0.370 e. The maximum absolute atomic E-state index is 11.6. The summed E-state index contributed by atoms with van der Waals surface area (Å²) < 4.78 is 0. The third kappa shape index (κ3) is 3.98. The van der Waals surface area contributed by atoms with Crippen LogP contribution in [0.25, 0.3) is 0 Å². The van der Waals surface area contributed by atoms with E-state index in [4.69, 9.17) is 5.73 Å². The molecule has 1 fully saturated rings. The molecule has 1 rings (SSSR count). The van der Waals surface area contributed by atoms with Crippen LogP contribution in [0, 0.1) is 0 Å². The normalized spacial score (nSPS) is 21.4. The van der Waals surface area contributed by atoms with E-state index in [1.165, 1.54) is 0 Å². The van der Waals surface area contributed by atoms with E-state index in [-0.39, 0.29) is 24.8 Å². The van der Waals surface area contributed by atoms with Crippen molar-refractivity contribution in [2.75, 3.05) is 6.54 Å². The van der Waals surface area contributed by atoms with Crippen molar-refractivity contribution < 1.29 is 14.4 Å². The van der Waals surface area contributed by atoms with Gasteiger partial charge in [-0.3, -0.25) is 9.59 Å². The molecule has 0 aromatic carbocycles. The van der Waals surface area contributed by atoms with Gasteiger partial charge in [0.25, 0.3) is 0 Å². The van der Waals surface area contributed by atoms with Crippen LogP contribution in [0.2, 0.25) is 0 Å². The van der Waals surface area contributed by atoms with E-state index >= 15 is 0 Å². The fraction of sp³-hybridized carbons (Fsp3) is 0.700. The van der Waals surface area contributed by atoms with E-state index in [9.17, 15) is 14.4 Å². The summed E-state index contributed by atoms with van der Waals surface area (Å²) in [5.41, 5.74) is 4.97. The average Bonchev–Trinajstić information content (AvgIpc) is 2.76. The highest BCUT2D eigenvalue weighted by atomic mass is 16.2. The minimum absolute atomic E-state index is 0.0990. The molecule has 4 N–H and O–H groups in total. The van der Waals surface area contributed by atoms with Crippen LogP contribution in [0.3, 0.4) is 0 Å². The smallest absolute Gasteiger partial charge is 0.237 e. The lowest BCUT2D eigenvalue weighted by atomic mass is 10.1. The third-order valence-corrected chi connectivity index (χ3v) is 2.57. The predicted octanol–water partition coefficient (Wildman–Crippen LogP) is -1.31. The number of amides is 2. The number of carbonyl (C=O) groups is 3. The maximum Gasteiger partial charge on any atom is 0.237 e. The molecule has 0 bridgehead atoms. The number of primary amides is 1. The molecule has 1 heterocycles. The van der Waals surface area contributed by atoms with Crippen LogP contribution in [0.15, 0.2) is 0 Å². The lowest BCUT2D eigenvalue weighted by Crippen LogP contribution is -2.46. The molecule has 2 atom stereocenters. The number of hydrogen-bond donors (Lipinski definition) is 3. The fourth-order valence-corrected chi connectivity index (χ4v) is 1.66.